The smallest absolute Gasteiger partial charge is 0.384 e. The van der Waals surface area contributed by atoms with Gasteiger partial charge in [0.05, 0.1) is 4.90 Å². The molecule has 1 aromatic carbocycles. The summed E-state index contributed by atoms with van der Waals surface area (Å²) < 4.78 is 69.8. The molecule has 4 nitrogen and oxygen atoms in total. The SMILES string of the molecule is CS(=O)CCNc1ccc(S(=O)(=O)C(F)(F)F)cc1. The summed E-state index contributed by atoms with van der Waals surface area (Å²) in [6, 6.07) is 4.23. The van der Waals surface area contributed by atoms with E-state index in [1.165, 1.54) is 18.4 Å². The van der Waals surface area contributed by atoms with Crippen molar-refractivity contribution in [3.63, 3.8) is 0 Å². The van der Waals surface area contributed by atoms with Crippen LogP contribution < -0.4 is 5.32 Å². The van der Waals surface area contributed by atoms with Crippen LogP contribution in [0.2, 0.25) is 0 Å². The highest BCUT2D eigenvalue weighted by Crippen LogP contribution is 2.30. The van der Waals surface area contributed by atoms with E-state index in [4.69, 9.17) is 0 Å². The second kappa shape index (κ2) is 5.91. The molecule has 0 saturated carbocycles. The minimum Gasteiger partial charge on any atom is -0.384 e. The molecule has 0 aliphatic heterocycles. The molecule has 1 atom stereocenters. The number of alkyl halides is 3. The Balaban J connectivity index is 2.80. The predicted molar refractivity (Wildman–Crippen MR) is 67.1 cm³/mol. The quantitative estimate of drug-likeness (QED) is 0.899. The average molecular weight is 315 g/mol. The second-order valence-corrected chi connectivity index (χ2v) is 7.17. The Bertz CT molecular complexity index is 552. The standard InChI is InChI=1S/C10H12F3NO3S2/c1-18(15)7-6-14-8-2-4-9(5-3-8)19(16,17)10(11,12)13/h2-5,14H,6-7H2,1H3. The van der Waals surface area contributed by atoms with Gasteiger partial charge in [-0.15, -0.1) is 0 Å². The molecule has 0 bridgehead atoms. The van der Waals surface area contributed by atoms with Gasteiger partial charge in [-0.1, -0.05) is 0 Å². The van der Waals surface area contributed by atoms with Gasteiger partial charge in [-0.25, -0.2) is 8.42 Å². The van der Waals surface area contributed by atoms with Gasteiger partial charge in [0, 0.05) is 35.0 Å². The van der Waals surface area contributed by atoms with Crippen LogP contribution in [0.15, 0.2) is 29.2 Å². The number of hydrogen-bond acceptors (Lipinski definition) is 4. The first-order chi connectivity index (χ1) is 8.64. The van der Waals surface area contributed by atoms with Crippen LogP contribution in [0.1, 0.15) is 0 Å². The number of nitrogens with one attached hydrogen (secondary N) is 1. The lowest BCUT2D eigenvalue weighted by molar-refractivity contribution is -0.0436. The third kappa shape index (κ3) is 4.20. The fourth-order valence-corrected chi connectivity index (χ4v) is 2.38. The van der Waals surface area contributed by atoms with Gasteiger partial charge in [0.2, 0.25) is 0 Å². The van der Waals surface area contributed by atoms with Crippen LogP contribution >= 0.6 is 0 Å². The largest absolute Gasteiger partial charge is 0.501 e. The van der Waals surface area contributed by atoms with Crippen LogP contribution in [0, 0.1) is 0 Å². The number of rotatable bonds is 5. The molecule has 1 unspecified atom stereocenters. The first-order valence-electron chi connectivity index (χ1n) is 5.10. The summed E-state index contributed by atoms with van der Waals surface area (Å²) >= 11 is 0. The van der Waals surface area contributed by atoms with Gasteiger partial charge < -0.3 is 5.32 Å². The Kier molecular flexibility index (Phi) is 4.97. The summed E-state index contributed by atoms with van der Waals surface area (Å²) in [5, 5.41) is 2.82. The van der Waals surface area contributed by atoms with Gasteiger partial charge in [0.1, 0.15) is 0 Å². The highest BCUT2D eigenvalue weighted by Gasteiger charge is 2.46. The van der Waals surface area contributed by atoms with E-state index in [1.54, 1.807) is 0 Å². The minimum atomic E-state index is -5.30. The van der Waals surface area contributed by atoms with Crippen molar-refractivity contribution in [3.8, 4) is 0 Å². The topological polar surface area (TPSA) is 63.2 Å². The summed E-state index contributed by atoms with van der Waals surface area (Å²) in [5.41, 5.74) is -4.84. The van der Waals surface area contributed by atoms with Crippen molar-refractivity contribution in [2.75, 3.05) is 23.9 Å². The zero-order valence-electron chi connectivity index (χ0n) is 9.90. The maximum absolute atomic E-state index is 12.3. The fourth-order valence-electron chi connectivity index (χ4n) is 1.22. The molecule has 0 aliphatic carbocycles. The van der Waals surface area contributed by atoms with Crippen LogP contribution in [-0.2, 0) is 20.6 Å². The van der Waals surface area contributed by atoms with Crippen molar-refractivity contribution in [1.82, 2.24) is 0 Å². The van der Waals surface area contributed by atoms with Crippen molar-refractivity contribution in [2.24, 2.45) is 0 Å². The summed E-state index contributed by atoms with van der Waals surface area (Å²) in [4.78, 5) is -0.801. The third-order valence-corrected chi connectivity index (χ3v) is 4.47. The van der Waals surface area contributed by atoms with Gasteiger partial charge in [0.15, 0.2) is 0 Å². The van der Waals surface area contributed by atoms with Gasteiger partial charge in [0.25, 0.3) is 9.84 Å². The molecule has 1 N–H and O–H groups in total. The average Bonchev–Trinajstić information content (AvgIpc) is 2.27. The van der Waals surface area contributed by atoms with E-state index in [2.05, 4.69) is 5.32 Å². The van der Waals surface area contributed by atoms with Crippen LogP contribution in [0.4, 0.5) is 18.9 Å². The zero-order valence-corrected chi connectivity index (χ0v) is 11.5. The third-order valence-electron chi connectivity index (χ3n) is 2.19. The van der Waals surface area contributed by atoms with E-state index in [-0.39, 0.29) is 0 Å². The van der Waals surface area contributed by atoms with Crippen LogP contribution in [0.3, 0.4) is 0 Å². The van der Waals surface area contributed by atoms with Crippen molar-refractivity contribution in [2.45, 2.75) is 10.4 Å². The molecule has 0 radical (unpaired) electrons. The number of sulfone groups is 1. The maximum atomic E-state index is 12.3. The molecule has 1 aromatic rings. The lowest BCUT2D eigenvalue weighted by Gasteiger charge is -2.09. The van der Waals surface area contributed by atoms with Gasteiger partial charge in [-0.2, -0.15) is 13.2 Å². The summed E-state index contributed by atoms with van der Waals surface area (Å²) in [6.45, 7) is 0.383. The molecule has 0 heterocycles. The predicted octanol–water partition coefficient (Wildman–Crippen LogP) is 1.77. The molecule has 0 saturated heterocycles. The van der Waals surface area contributed by atoms with E-state index in [0.29, 0.717) is 18.0 Å². The molecule has 19 heavy (non-hydrogen) atoms. The molecular formula is C10H12F3NO3S2. The highest BCUT2D eigenvalue weighted by atomic mass is 32.2. The first-order valence-corrected chi connectivity index (χ1v) is 8.31. The zero-order chi connectivity index (χ0) is 14.7. The molecule has 0 fully saturated rings. The molecular weight excluding hydrogens is 303 g/mol. The number of anilines is 1. The normalized spacial score (nSPS) is 14.1. The molecule has 0 amide bonds. The van der Waals surface area contributed by atoms with E-state index in [1.807, 2.05) is 0 Å². The number of hydrogen-bond donors (Lipinski definition) is 1. The summed E-state index contributed by atoms with van der Waals surface area (Å²) in [7, 11) is -6.28. The van der Waals surface area contributed by atoms with Gasteiger partial charge in [-0.3, -0.25) is 4.21 Å². The fraction of sp³-hybridized carbons (Fsp3) is 0.400. The number of benzene rings is 1. The maximum Gasteiger partial charge on any atom is 0.501 e. The van der Waals surface area contributed by atoms with Crippen LogP contribution in [0.5, 0.6) is 0 Å². The molecule has 0 spiro atoms. The van der Waals surface area contributed by atoms with Crippen molar-refractivity contribution < 1.29 is 25.8 Å². The van der Waals surface area contributed by atoms with Crippen LogP contribution in [-0.4, -0.2) is 36.7 Å². The Morgan fingerprint density at radius 2 is 1.74 bits per heavy atom. The molecule has 9 heteroatoms. The lowest BCUT2D eigenvalue weighted by atomic mass is 10.3. The Hall–Kier alpha value is -1.09. The minimum absolute atomic E-state index is 0.383. The van der Waals surface area contributed by atoms with Gasteiger partial charge >= 0.3 is 5.51 Å². The Morgan fingerprint density at radius 3 is 2.16 bits per heavy atom. The van der Waals surface area contributed by atoms with Gasteiger partial charge in [-0.05, 0) is 24.3 Å². The molecule has 1 rings (SSSR count). The molecule has 0 aliphatic rings. The molecule has 108 valence electrons. The monoisotopic (exact) mass is 315 g/mol. The summed E-state index contributed by atoms with van der Waals surface area (Å²) in [5.74, 6) is 0.391. The van der Waals surface area contributed by atoms with E-state index < -0.39 is 31.0 Å². The van der Waals surface area contributed by atoms with Crippen LogP contribution in [0.25, 0.3) is 0 Å². The molecule has 0 aromatic heterocycles. The summed E-state index contributed by atoms with van der Waals surface area (Å²) in [6.07, 6.45) is 1.53. The van der Waals surface area contributed by atoms with E-state index in [9.17, 15) is 25.8 Å². The Labute approximate surface area is 111 Å². The van der Waals surface area contributed by atoms with E-state index in [0.717, 1.165) is 12.1 Å². The highest BCUT2D eigenvalue weighted by molar-refractivity contribution is 7.92. The number of halogens is 3. The van der Waals surface area contributed by atoms with Crippen molar-refractivity contribution in [1.29, 1.82) is 0 Å². The van der Waals surface area contributed by atoms with Crippen molar-refractivity contribution >= 4 is 26.3 Å². The second-order valence-electron chi connectivity index (χ2n) is 3.68. The van der Waals surface area contributed by atoms with E-state index >= 15 is 0 Å². The lowest BCUT2D eigenvalue weighted by Crippen LogP contribution is -2.23. The first kappa shape index (κ1) is 16.0. The Morgan fingerprint density at radius 1 is 1.21 bits per heavy atom. The van der Waals surface area contributed by atoms with Crippen molar-refractivity contribution in [3.05, 3.63) is 24.3 Å².